The molecule has 0 unspecified atom stereocenters. The third kappa shape index (κ3) is 1.18. The van der Waals surface area contributed by atoms with Gasteiger partial charge >= 0.3 is 0 Å². The molecular formula is C8H7N3+. The predicted octanol–water partition coefficient (Wildman–Crippen LogP) is 1.37. The Bertz CT molecular complexity index is 277. The lowest BCUT2D eigenvalue weighted by Gasteiger charge is -1.92. The number of anilines is 1. The second kappa shape index (κ2) is 2.64. The Kier molecular flexibility index (Phi) is 1.50. The van der Waals surface area contributed by atoms with Crippen molar-refractivity contribution in [2.45, 2.75) is 0 Å². The van der Waals surface area contributed by atoms with E-state index in [0.29, 0.717) is 0 Å². The van der Waals surface area contributed by atoms with E-state index in [0.717, 1.165) is 5.82 Å². The minimum Gasteiger partial charge on any atom is -0.201 e. The molecular weight excluding hydrogens is 138 g/mol. The number of aromatic nitrogens is 1. The van der Waals surface area contributed by atoms with Crippen molar-refractivity contribution in [3.05, 3.63) is 36.8 Å². The average Bonchev–Trinajstić information content (AvgIpc) is 2.58. The molecule has 3 heteroatoms. The van der Waals surface area contributed by atoms with E-state index < -0.39 is 0 Å². The Labute approximate surface area is 64.7 Å². The molecule has 0 saturated carbocycles. The monoisotopic (exact) mass is 145 g/mol. The zero-order chi connectivity index (χ0) is 7.52. The summed E-state index contributed by atoms with van der Waals surface area (Å²) in [5.41, 5.74) is 0. The van der Waals surface area contributed by atoms with E-state index in [1.54, 1.807) is 18.7 Å². The lowest BCUT2D eigenvalue weighted by Crippen LogP contribution is -2.12. The Morgan fingerprint density at radius 3 is 2.91 bits per heavy atom. The molecule has 0 saturated heterocycles. The van der Waals surface area contributed by atoms with Crippen LogP contribution in [0.3, 0.4) is 0 Å². The van der Waals surface area contributed by atoms with Crippen molar-refractivity contribution in [1.82, 2.24) is 9.88 Å². The molecule has 0 bridgehead atoms. The minimum atomic E-state index is 0.894. The second-order valence-corrected chi connectivity index (χ2v) is 2.16. The predicted molar refractivity (Wildman–Crippen MR) is 43.7 cm³/mol. The van der Waals surface area contributed by atoms with Crippen LogP contribution in [-0.2, 0) is 0 Å². The van der Waals surface area contributed by atoms with Gasteiger partial charge in [-0.3, -0.25) is 0 Å². The van der Waals surface area contributed by atoms with Gasteiger partial charge in [0.05, 0.1) is 6.20 Å². The molecule has 1 radical (unpaired) electrons. The highest BCUT2D eigenvalue weighted by atomic mass is 15.2. The van der Waals surface area contributed by atoms with E-state index in [1.165, 1.54) is 0 Å². The molecule has 1 aliphatic rings. The van der Waals surface area contributed by atoms with Gasteiger partial charge in [0.2, 0.25) is 0 Å². The van der Waals surface area contributed by atoms with Crippen molar-refractivity contribution in [2.24, 2.45) is 4.99 Å². The van der Waals surface area contributed by atoms with Gasteiger partial charge in [0, 0.05) is 12.3 Å². The summed E-state index contributed by atoms with van der Waals surface area (Å²) < 4.78 is 0. The Morgan fingerprint density at radius 1 is 1.27 bits per heavy atom. The first kappa shape index (κ1) is 6.24. The molecule has 1 aromatic rings. The van der Waals surface area contributed by atoms with Crippen molar-refractivity contribution in [3.8, 4) is 0 Å². The van der Waals surface area contributed by atoms with E-state index in [-0.39, 0.29) is 0 Å². The Morgan fingerprint density at radius 2 is 2.27 bits per heavy atom. The fourth-order valence-corrected chi connectivity index (χ4v) is 0.901. The summed E-state index contributed by atoms with van der Waals surface area (Å²) in [6, 6.07) is 5.77. The molecule has 0 aliphatic carbocycles. The van der Waals surface area contributed by atoms with Crippen LogP contribution in [0.5, 0.6) is 0 Å². The van der Waals surface area contributed by atoms with Crippen molar-refractivity contribution in [3.63, 3.8) is 0 Å². The third-order valence-corrected chi connectivity index (χ3v) is 1.42. The van der Waals surface area contributed by atoms with Gasteiger partial charge in [-0.15, -0.1) is 0 Å². The summed E-state index contributed by atoms with van der Waals surface area (Å²) in [4.78, 5) is 9.93. The molecule has 0 aromatic carbocycles. The zero-order valence-electron chi connectivity index (χ0n) is 5.88. The van der Waals surface area contributed by atoms with Gasteiger partial charge in [-0.2, -0.15) is 4.98 Å². The highest BCUT2D eigenvalue weighted by Gasteiger charge is 2.16. The number of hydrogen-bond acceptors (Lipinski definition) is 3. The van der Waals surface area contributed by atoms with E-state index in [9.17, 15) is 0 Å². The molecule has 1 aromatic heterocycles. The van der Waals surface area contributed by atoms with Crippen LogP contribution in [0, 0.1) is 0 Å². The van der Waals surface area contributed by atoms with E-state index in [1.807, 2.05) is 29.3 Å². The SMILES string of the molecule is C1=C[N+](c2ccccn2)C=N1. The molecule has 3 nitrogen and oxygen atoms in total. The molecule has 1 aliphatic heterocycles. The van der Waals surface area contributed by atoms with Crippen LogP contribution in [-0.4, -0.2) is 11.3 Å². The first-order valence-corrected chi connectivity index (χ1v) is 3.36. The first-order valence-electron chi connectivity index (χ1n) is 3.36. The number of hydrogen-bond donors (Lipinski definition) is 0. The van der Waals surface area contributed by atoms with Crippen molar-refractivity contribution < 1.29 is 0 Å². The van der Waals surface area contributed by atoms with Gasteiger partial charge in [0.15, 0.2) is 6.20 Å². The lowest BCUT2D eigenvalue weighted by molar-refractivity contribution is 0.965. The highest BCUT2D eigenvalue weighted by molar-refractivity contribution is 5.70. The summed E-state index contributed by atoms with van der Waals surface area (Å²) in [7, 11) is 0. The van der Waals surface area contributed by atoms with Crippen LogP contribution < -0.4 is 4.90 Å². The van der Waals surface area contributed by atoms with Crippen LogP contribution in [0.1, 0.15) is 0 Å². The van der Waals surface area contributed by atoms with Gasteiger partial charge in [-0.25, -0.2) is 4.99 Å². The van der Waals surface area contributed by atoms with Crippen LogP contribution in [0.4, 0.5) is 5.82 Å². The molecule has 0 fully saturated rings. The fourth-order valence-electron chi connectivity index (χ4n) is 0.901. The minimum absolute atomic E-state index is 0.894. The van der Waals surface area contributed by atoms with Gasteiger partial charge in [-0.1, -0.05) is 6.07 Å². The summed E-state index contributed by atoms with van der Waals surface area (Å²) in [5.74, 6) is 0.894. The lowest BCUT2D eigenvalue weighted by atomic mass is 10.4. The van der Waals surface area contributed by atoms with Gasteiger partial charge < -0.3 is 0 Å². The van der Waals surface area contributed by atoms with Gasteiger partial charge in [0.1, 0.15) is 0 Å². The van der Waals surface area contributed by atoms with Crippen molar-refractivity contribution >= 4 is 12.2 Å². The van der Waals surface area contributed by atoms with Crippen LogP contribution >= 0.6 is 0 Å². The zero-order valence-corrected chi connectivity index (χ0v) is 5.88. The fraction of sp³-hybridized carbons (Fsp3) is 0. The van der Waals surface area contributed by atoms with Crippen molar-refractivity contribution in [1.29, 1.82) is 0 Å². The molecule has 0 N–H and O–H groups in total. The quantitative estimate of drug-likeness (QED) is 0.549. The summed E-state index contributed by atoms with van der Waals surface area (Å²) >= 11 is 0. The summed E-state index contributed by atoms with van der Waals surface area (Å²) in [6.07, 6.45) is 7.08. The van der Waals surface area contributed by atoms with Crippen molar-refractivity contribution in [2.75, 3.05) is 0 Å². The number of nitrogens with zero attached hydrogens (tertiary/aromatic N) is 3. The summed E-state index contributed by atoms with van der Waals surface area (Å²) in [5, 5.41) is 0. The largest absolute Gasteiger partial charge is 0.288 e. The van der Waals surface area contributed by atoms with Crippen LogP contribution in [0.25, 0.3) is 0 Å². The molecule has 2 rings (SSSR count). The topological polar surface area (TPSA) is 31.2 Å². The molecule has 53 valence electrons. The maximum Gasteiger partial charge on any atom is 0.288 e. The molecule has 2 heterocycles. The second-order valence-electron chi connectivity index (χ2n) is 2.16. The number of rotatable bonds is 1. The first-order chi connectivity index (χ1) is 5.47. The highest BCUT2D eigenvalue weighted by Crippen LogP contribution is 2.09. The van der Waals surface area contributed by atoms with E-state index >= 15 is 0 Å². The maximum absolute atomic E-state index is 4.14. The van der Waals surface area contributed by atoms with E-state index in [4.69, 9.17) is 0 Å². The number of aliphatic imine (C=N–C) groups is 1. The number of pyridine rings is 1. The molecule has 0 amide bonds. The Hall–Kier alpha value is -1.48. The molecule has 11 heavy (non-hydrogen) atoms. The maximum atomic E-state index is 4.14. The smallest absolute Gasteiger partial charge is 0.201 e. The van der Waals surface area contributed by atoms with E-state index in [2.05, 4.69) is 9.98 Å². The van der Waals surface area contributed by atoms with Crippen LogP contribution in [0.2, 0.25) is 0 Å². The Balaban J connectivity index is 2.30. The van der Waals surface area contributed by atoms with Gasteiger partial charge in [-0.05, 0) is 11.0 Å². The standard InChI is InChI=1S/C8H7N3/c1-2-4-10-8(3-1)11-6-5-9-7-11/h1-7H/q+1. The van der Waals surface area contributed by atoms with Crippen LogP contribution in [0.15, 0.2) is 41.8 Å². The average molecular weight is 145 g/mol. The molecule has 0 spiro atoms. The molecule has 0 atom stereocenters. The normalized spacial score (nSPS) is 16.0. The van der Waals surface area contributed by atoms with Gasteiger partial charge in [0.25, 0.3) is 12.2 Å². The third-order valence-electron chi connectivity index (χ3n) is 1.42. The summed E-state index contributed by atoms with van der Waals surface area (Å²) in [6.45, 7) is 0.